The van der Waals surface area contributed by atoms with Crippen molar-refractivity contribution in [2.45, 2.75) is 19.3 Å². The summed E-state index contributed by atoms with van der Waals surface area (Å²) in [5.41, 5.74) is 2.32. The minimum absolute atomic E-state index is 0.0467. The first-order valence-electron chi connectivity index (χ1n) is 7.92. The Morgan fingerprint density at radius 1 is 1.22 bits per heavy atom. The van der Waals surface area contributed by atoms with Crippen molar-refractivity contribution in [1.29, 1.82) is 0 Å². The molecule has 0 spiro atoms. The maximum atomic E-state index is 12.6. The number of nitrogens with zero attached hydrogens (tertiary/aromatic N) is 4. The molecule has 0 radical (unpaired) electrons. The molecular weight excluding hydrogens is 294 g/mol. The smallest absolute Gasteiger partial charge is 0.276 e. The van der Waals surface area contributed by atoms with Crippen LogP contribution in [0.15, 0.2) is 30.3 Å². The number of aromatic nitrogens is 3. The molecule has 120 valence electrons. The molecule has 1 fully saturated rings. The molecule has 4 rings (SSSR count). The van der Waals surface area contributed by atoms with Gasteiger partial charge in [0.15, 0.2) is 5.69 Å². The number of hydrogen-bond donors (Lipinski definition) is 1. The van der Waals surface area contributed by atoms with E-state index in [1.54, 1.807) is 4.68 Å². The summed E-state index contributed by atoms with van der Waals surface area (Å²) in [6.45, 7) is 4.00. The van der Waals surface area contributed by atoms with Gasteiger partial charge in [0.05, 0.1) is 18.8 Å². The highest BCUT2D eigenvalue weighted by atomic mass is 16.5. The van der Waals surface area contributed by atoms with Crippen molar-refractivity contribution >= 4 is 5.91 Å². The van der Waals surface area contributed by atoms with Crippen LogP contribution in [0.4, 0.5) is 0 Å². The second-order valence-corrected chi connectivity index (χ2v) is 5.82. The van der Waals surface area contributed by atoms with Crippen molar-refractivity contribution < 1.29 is 9.53 Å². The first kappa shape index (κ1) is 14.3. The van der Waals surface area contributed by atoms with E-state index in [9.17, 15) is 4.79 Å². The number of carbonyl (C=O) groups excluding carboxylic acids is 1. The molecule has 1 amide bonds. The normalized spacial score (nSPS) is 21.0. The Labute approximate surface area is 134 Å². The van der Waals surface area contributed by atoms with E-state index in [1.807, 2.05) is 35.2 Å². The van der Waals surface area contributed by atoms with Gasteiger partial charge in [-0.1, -0.05) is 35.5 Å². The molecule has 1 N–H and O–H groups in total. The van der Waals surface area contributed by atoms with Crippen molar-refractivity contribution in [2.24, 2.45) is 0 Å². The largest absolute Gasteiger partial charge is 0.365 e. The van der Waals surface area contributed by atoms with Gasteiger partial charge in [0, 0.05) is 26.2 Å². The number of piperazine rings is 1. The zero-order chi connectivity index (χ0) is 15.6. The molecule has 0 saturated carbocycles. The Morgan fingerprint density at radius 2 is 2.00 bits per heavy atom. The maximum Gasteiger partial charge on any atom is 0.276 e. The van der Waals surface area contributed by atoms with Crippen molar-refractivity contribution in [2.75, 3.05) is 26.2 Å². The molecule has 7 heteroatoms. The molecule has 2 aliphatic heterocycles. The van der Waals surface area contributed by atoms with Gasteiger partial charge >= 0.3 is 0 Å². The van der Waals surface area contributed by atoms with Crippen molar-refractivity contribution in [1.82, 2.24) is 25.2 Å². The third kappa shape index (κ3) is 2.73. The van der Waals surface area contributed by atoms with Crippen molar-refractivity contribution in [3.05, 3.63) is 47.3 Å². The molecule has 1 saturated heterocycles. The molecule has 0 bridgehead atoms. The quantitative estimate of drug-likeness (QED) is 0.879. The second-order valence-electron chi connectivity index (χ2n) is 5.82. The van der Waals surface area contributed by atoms with Crippen LogP contribution < -0.4 is 5.32 Å². The van der Waals surface area contributed by atoms with Crippen molar-refractivity contribution in [3.63, 3.8) is 0 Å². The molecule has 2 aliphatic rings. The van der Waals surface area contributed by atoms with Gasteiger partial charge in [0.1, 0.15) is 6.10 Å². The van der Waals surface area contributed by atoms with E-state index in [-0.39, 0.29) is 12.0 Å². The number of carbonyl (C=O) groups is 1. The lowest BCUT2D eigenvalue weighted by Gasteiger charge is -2.28. The topological polar surface area (TPSA) is 72.3 Å². The molecule has 7 nitrogen and oxygen atoms in total. The predicted octanol–water partition coefficient (Wildman–Crippen LogP) is 0.595. The lowest BCUT2D eigenvalue weighted by molar-refractivity contribution is -0.00197. The summed E-state index contributed by atoms with van der Waals surface area (Å²) in [5.74, 6) is -0.0467. The highest BCUT2D eigenvalue weighted by Gasteiger charge is 2.30. The van der Waals surface area contributed by atoms with Crippen LogP contribution >= 0.6 is 0 Å². The molecule has 1 aromatic carbocycles. The molecule has 1 aromatic heterocycles. The van der Waals surface area contributed by atoms with Gasteiger partial charge < -0.3 is 15.0 Å². The number of amides is 1. The van der Waals surface area contributed by atoms with Crippen LogP contribution in [0.2, 0.25) is 0 Å². The Morgan fingerprint density at radius 3 is 2.78 bits per heavy atom. The van der Waals surface area contributed by atoms with Crippen molar-refractivity contribution in [3.8, 4) is 0 Å². The standard InChI is InChI=1S/C16H19N5O2/c22-16(20-8-6-17-7-9-20)15-13-11-23-14(10-21(13)19-18-15)12-4-2-1-3-5-12/h1-5,14,17H,6-11H2/t14-/m0/s1. The van der Waals surface area contributed by atoms with Crippen LogP contribution in [0.5, 0.6) is 0 Å². The van der Waals surface area contributed by atoms with E-state index in [0.717, 1.165) is 24.3 Å². The second kappa shape index (κ2) is 6.10. The average molecular weight is 313 g/mol. The third-order valence-electron chi connectivity index (χ3n) is 4.38. The predicted molar refractivity (Wildman–Crippen MR) is 82.8 cm³/mol. The minimum atomic E-state index is -0.0486. The SMILES string of the molecule is O=C(c1nnn2c1CO[C@H](c1ccccc1)C2)N1CCNCC1. The first-order chi connectivity index (χ1) is 11.3. The Balaban J connectivity index is 1.54. The van der Waals surface area contributed by atoms with Crippen LogP contribution in [0.3, 0.4) is 0 Å². The van der Waals surface area contributed by atoms with E-state index in [0.29, 0.717) is 31.9 Å². The lowest BCUT2D eigenvalue weighted by atomic mass is 10.1. The maximum absolute atomic E-state index is 12.6. The van der Waals surface area contributed by atoms with Gasteiger partial charge in [-0.3, -0.25) is 4.79 Å². The van der Waals surface area contributed by atoms with Crippen LogP contribution in [0, 0.1) is 0 Å². The van der Waals surface area contributed by atoms with Gasteiger partial charge in [0.25, 0.3) is 5.91 Å². The van der Waals surface area contributed by atoms with E-state index in [4.69, 9.17) is 4.74 Å². The van der Waals surface area contributed by atoms with Gasteiger partial charge in [-0.15, -0.1) is 5.10 Å². The van der Waals surface area contributed by atoms with Gasteiger partial charge in [-0.2, -0.15) is 0 Å². The number of benzene rings is 1. The van der Waals surface area contributed by atoms with E-state index < -0.39 is 0 Å². The highest BCUT2D eigenvalue weighted by Crippen LogP contribution is 2.27. The fourth-order valence-corrected chi connectivity index (χ4v) is 3.06. The van der Waals surface area contributed by atoms with Crippen LogP contribution in [-0.2, 0) is 17.9 Å². The third-order valence-corrected chi connectivity index (χ3v) is 4.38. The van der Waals surface area contributed by atoms with E-state index in [2.05, 4.69) is 15.6 Å². The number of ether oxygens (including phenoxy) is 1. The summed E-state index contributed by atoms with van der Waals surface area (Å²) in [7, 11) is 0. The molecular formula is C16H19N5O2. The highest BCUT2D eigenvalue weighted by molar-refractivity contribution is 5.93. The molecule has 0 aliphatic carbocycles. The summed E-state index contributed by atoms with van der Waals surface area (Å²) in [6, 6.07) is 10.1. The fourth-order valence-electron chi connectivity index (χ4n) is 3.06. The lowest BCUT2D eigenvalue weighted by Crippen LogP contribution is -2.46. The summed E-state index contributed by atoms with van der Waals surface area (Å²) in [4.78, 5) is 14.4. The summed E-state index contributed by atoms with van der Waals surface area (Å²) < 4.78 is 7.75. The van der Waals surface area contributed by atoms with Gasteiger partial charge in [-0.05, 0) is 5.56 Å². The average Bonchev–Trinajstić information content (AvgIpc) is 3.05. The molecule has 1 atom stereocenters. The van der Waals surface area contributed by atoms with Crippen LogP contribution in [-0.4, -0.2) is 52.0 Å². The fraction of sp³-hybridized carbons (Fsp3) is 0.438. The van der Waals surface area contributed by atoms with E-state index >= 15 is 0 Å². The first-order valence-corrected chi connectivity index (χ1v) is 7.92. The number of fused-ring (bicyclic) bond motifs is 1. The number of hydrogen-bond acceptors (Lipinski definition) is 5. The Bertz CT molecular complexity index is 694. The molecule has 2 aromatic rings. The Hall–Kier alpha value is -2.25. The number of nitrogens with one attached hydrogen (secondary N) is 1. The van der Waals surface area contributed by atoms with Crippen LogP contribution in [0.25, 0.3) is 0 Å². The zero-order valence-corrected chi connectivity index (χ0v) is 12.8. The summed E-state index contributed by atoms with van der Waals surface area (Å²) in [5, 5.41) is 11.5. The van der Waals surface area contributed by atoms with E-state index in [1.165, 1.54) is 0 Å². The van der Waals surface area contributed by atoms with Gasteiger partial charge in [0.2, 0.25) is 0 Å². The molecule has 3 heterocycles. The number of rotatable bonds is 2. The van der Waals surface area contributed by atoms with Gasteiger partial charge in [-0.25, -0.2) is 4.68 Å². The molecule has 0 unspecified atom stereocenters. The monoisotopic (exact) mass is 313 g/mol. The minimum Gasteiger partial charge on any atom is -0.365 e. The molecule has 23 heavy (non-hydrogen) atoms. The summed E-state index contributed by atoms with van der Waals surface area (Å²) >= 11 is 0. The summed E-state index contributed by atoms with van der Waals surface area (Å²) in [6.07, 6.45) is -0.0486. The van der Waals surface area contributed by atoms with Crippen LogP contribution in [0.1, 0.15) is 27.8 Å². The zero-order valence-electron chi connectivity index (χ0n) is 12.8. The Kier molecular flexibility index (Phi) is 3.80.